The minimum atomic E-state index is 0.267. The molecule has 4 heteroatoms. The molecule has 0 amide bonds. The van der Waals surface area contributed by atoms with Gasteiger partial charge in [-0.25, -0.2) is 0 Å². The Kier molecular flexibility index (Phi) is 3.82. The first-order chi connectivity index (χ1) is 9.26. The Balaban J connectivity index is 1.64. The molecule has 100 valence electrons. The van der Waals surface area contributed by atoms with Gasteiger partial charge in [-0.2, -0.15) is 0 Å². The minimum Gasteiger partial charge on any atom is -0.292 e. The maximum absolute atomic E-state index is 12.3. The summed E-state index contributed by atoms with van der Waals surface area (Å²) in [5, 5.41) is 2.16. The van der Waals surface area contributed by atoms with Gasteiger partial charge in [-0.05, 0) is 42.0 Å². The van der Waals surface area contributed by atoms with Crippen LogP contribution in [-0.2, 0) is 19.4 Å². The van der Waals surface area contributed by atoms with Crippen LogP contribution in [0.5, 0.6) is 0 Å². The Morgan fingerprint density at radius 3 is 3.05 bits per heavy atom. The fraction of sp³-hybridized carbons (Fsp3) is 0.400. The van der Waals surface area contributed by atoms with Crippen molar-refractivity contribution in [3.05, 3.63) is 43.8 Å². The number of nitrogens with zero attached hydrogens (tertiary/aromatic N) is 1. The third-order valence-corrected chi connectivity index (χ3v) is 5.83. The lowest BCUT2D eigenvalue weighted by Gasteiger charge is -2.25. The van der Waals surface area contributed by atoms with Gasteiger partial charge >= 0.3 is 0 Å². The van der Waals surface area contributed by atoms with Gasteiger partial charge in [0, 0.05) is 22.8 Å². The van der Waals surface area contributed by atoms with Crippen LogP contribution in [0.15, 0.2) is 23.6 Å². The van der Waals surface area contributed by atoms with Crippen molar-refractivity contribution in [2.24, 2.45) is 0 Å². The van der Waals surface area contributed by atoms with Crippen molar-refractivity contribution < 1.29 is 4.79 Å². The number of fused-ring (bicyclic) bond motifs is 1. The number of carbonyl (C=O) groups excluding carboxylic acids is 1. The summed E-state index contributed by atoms with van der Waals surface area (Å²) in [6.07, 6.45) is 2.10. The number of Topliss-reactive ketones (excluding diaryl/α,β-unsaturated/α-hetero) is 1. The van der Waals surface area contributed by atoms with Crippen molar-refractivity contribution in [1.29, 1.82) is 0 Å². The molecule has 0 saturated heterocycles. The van der Waals surface area contributed by atoms with E-state index in [1.165, 1.54) is 15.3 Å². The quantitative estimate of drug-likeness (QED) is 0.802. The van der Waals surface area contributed by atoms with Gasteiger partial charge < -0.3 is 0 Å². The third-order valence-electron chi connectivity index (χ3n) is 3.54. The van der Waals surface area contributed by atoms with Crippen LogP contribution in [0.2, 0.25) is 0 Å². The normalized spacial score (nSPS) is 15.4. The maximum Gasteiger partial charge on any atom is 0.186 e. The minimum absolute atomic E-state index is 0.267. The second kappa shape index (κ2) is 5.57. The van der Waals surface area contributed by atoms with Crippen molar-refractivity contribution in [2.45, 2.75) is 26.3 Å². The molecule has 0 bridgehead atoms. The van der Waals surface area contributed by atoms with E-state index in [4.69, 9.17) is 0 Å². The van der Waals surface area contributed by atoms with Crippen molar-refractivity contribution >= 4 is 28.5 Å². The van der Waals surface area contributed by atoms with Crippen LogP contribution in [0.3, 0.4) is 0 Å². The van der Waals surface area contributed by atoms with Crippen molar-refractivity contribution in [3.63, 3.8) is 0 Å². The lowest BCUT2D eigenvalue weighted by atomic mass is 10.1. The zero-order valence-electron chi connectivity index (χ0n) is 11.0. The highest BCUT2D eigenvalue weighted by Crippen LogP contribution is 2.24. The van der Waals surface area contributed by atoms with Gasteiger partial charge in [0.05, 0.1) is 11.4 Å². The number of hydrogen-bond acceptors (Lipinski definition) is 4. The molecule has 2 nitrogen and oxygen atoms in total. The Morgan fingerprint density at radius 2 is 2.26 bits per heavy atom. The summed E-state index contributed by atoms with van der Waals surface area (Å²) < 4.78 is 0. The lowest BCUT2D eigenvalue weighted by Crippen LogP contribution is -2.34. The van der Waals surface area contributed by atoms with Crippen LogP contribution in [0, 0.1) is 0 Å². The summed E-state index contributed by atoms with van der Waals surface area (Å²) in [5.41, 5.74) is 1.41. The fourth-order valence-electron chi connectivity index (χ4n) is 2.44. The molecule has 0 aromatic carbocycles. The molecule has 0 saturated carbocycles. The Bertz CT molecular complexity index is 584. The molecular weight excluding hydrogens is 274 g/mol. The second-order valence-electron chi connectivity index (χ2n) is 4.87. The van der Waals surface area contributed by atoms with Crippen molar-refractivity contribution in [1.82, 2.24) is 4.90 Å². The SMILES string of the molecule is CCc1ccc(C(=O)CN2CCc3sccc3C2)s1. The number of carbonyl (C=O) groups is 1. The number of thiophene rings is 2. The van der Waals surface area contributed by atoms with E-state index in [0.29, 0.717) is 6.54 Å². The number of hydrogen-bond donors (Lipinski definition) is 0. The van der Waals surface area contributed by atoms with E-state index in [0.717, 1.165) is 30.8 Å². The van der Waals surface area contributed by atoms with Gasteiger partial charge in [-0.1, -0.05) is 6.92 Å². The van der Waals surface area contributed by atoms with Crippen molar-refractivity contribution in [3.8, 4) is 0 Å². The van der Waals surface area contributed by atoms with E-state index in [1.54, 1.807) is 11.3 Å². The first kappa shape index (κ1) is 13.0. The van der Waals surface area contributed by atoms with Crippen LogP contribution in [-0.4, -0.2) is 23.8 Å². The lowest BCUT2D eigenvalue weighted by molar-refractivity contribution is 0.0926. The Labute approximate surface area is 121 Å². The average molecular weight is 291 g/mol. The molecule has 2 aromatic heterocycles. The molecule has 0 atom stereocenters. The van der Waals surface area contributed by atoms with Gasteiger partial charge in [-0.3, -0.25) is 9.69 Å². The molecule has 0 N–H and O–H groups in total. The molecule has 1 aliphatic heterocycles. The van der Waals surface area contributed by atoms with Gasteiger partial charge in [0.1, 0.15) is 0 Å². The van der Waals surface area contributed by atoms with E-state index in [-0.39, 0.29) is 5.78 Å². The average Bonchev–Trinajstić information content (AvgIpc) is 3.06. The monoisotopic (exact) mass is 291 g/mol. The van der Waals surface area contributed by atoms with Gasteiger partial charge in [0.25, 0.3) is 0 Å². The molecular formula is C15H17NOS2. The predicted molar refractivity (Wildman–Crippen MR) is 81.3 cm³/mol. The molecule has 3 rings (SSSR count). The smallest absolute Gasteiger partial charge is 0.186 e. The molecule has 0 aliphatic carbocycles. The maximum atomic E-state index is 12.3. The van der Waals surface area contributed by atoms with Crippen LogP contribution < -0.4 is 0 Å². The zero-order chi connectivity index (χ0) is 13.2. The van der Waals surface area contributed by atoms with Crippen molar-refractivity contribution in [2.75, 3.05) is 13.1 Å². The number of ketones is 1. The predicted octanol–water partition coefficient (Wildman–Crippen LogP) is 3.61. The van der Waals surface area contributed by atoms with Crippen LogP contribution in [0.1, 0.15) is 31.9 Å². The van der Waals surface area contributed by atoms with Crippen LogP contribution >= 0.6 is 22.7 Å². The first-order valence-corrected chi connectivity index (χ1v) is 8.35. The molecule has 0 unspecified atom stereocenters. The highest BCUT2D eigenvalue weighted by molar-refractivity contribution is 7.14. The standard InChI is InChI=1S/C15H17NOS2/c1-2-12-3-4-15(19-12)13(17)10-16-7-5-14-11(9-16)6-8-18-14/h3-4,6,8H,2,5,7,9-10H2,1H3. The molecule has 19 heavy (non-hydrogen) atoms. The topological polar surface area (TPSA) is 20.3 Å². The van der Waals surface area contributed by atoms with Gasteiger partial charge in [0.2, 0.25) is 0 Å². The van der Waals surface area contributed by atoms with E-state index < -0.39 is 0 Å². The molecule has 0 spiro atoms. The van der Waals surface area contributed by atoms with E-state index in [2.05, 4.69) is 29.3 Å². The number of rotatable bonds is 4. The van der Waals surface area contributed by atoms with E-state index in [9.17, 15) is 4.79 Å². The highest BCUT2D eigenvalue weighted by Gasteiger charge is 2.20. The van der Waals surface area contributed by atoms with Gasteiger partial charge in [0.15, 0.2) is 5.78 Å². The summed E-state index contributed by atoms with van der Waals surface area (Å²) in [4.78, 5) is 18.2. The zero-order valence-corrected chi connectivity index (χ0v) is 12.6. The van der Waals surface area contributed by atoms with E-state index in [1.807, 2.05) is 17.4 Å². The van der Waals surface area contributed by atoms with Crippen LogP contribution in [0.25, 0.3) is 0 Å². The largest absolute Gasteiger partial charge is 0.292 e. The highest BCUT2D eigenvalue weighted by atomic mass is 32.1. The summed E-state index contributed by atoms with van der Waals surface area (Å²) in [7, 11) is 0. The molecule has 2 aromatic rings. The van der Waals surface area contributed by atoms with E-state index >= 15 is 0 Å². The fourth-order valence-corrected chi connectivity index (χ4v) is 4.21. The third kappa shape index (κ3) is 2.81. The molecule has 3 heterocycles. The van der Waals surface area contributed by atoms with Gasteiger partial charge in [-0.15, -0.1) is 22.7 Å². The summed E-state index contributed by atoms with van der Waals surface area (Å²) >= 11 is 3.48. The molecule has 1 aliphatic rings. The summed E-state index contributed by atoms with van der Waals surface area (Å²) in [5.74, 6) is 0.267. The Hall–Kier alpha value is -0.970. The second-order valence-corrected chi connectivity index (χ2v) is 7.04. The molecule has 0 fully saturated rings. The number of aryl methyl sites for hydroxylation is 1. The first-order valence-electron chi connectivity index (χ1n) is 6.65. The Morgan fingerprint density at radius 1 is 1.37 bits per heavy atom. The van der Waals surface area contributed by atoms with Crippen LogP contribution in [0.4, 0.5) is 0 Å². The summed E-state index contributed by atoms with van der Waals surface area (Å²) in [6.45, 7) is 4.61. The molecule has 0 radical (unpaired) electrons. The summed E-state index contributed by atoms with van der Waals surface area (Å²) in [6, 6.07) is 6.24.